The summed E-state index contributed by atoms with van der Waals surface area (Å²) in [5, 5.41) is 2.95. The van der Waals surface area contributed by atoms with Crippen molar-refractivity contribution in [1.29, 1.82) is 0 Å². The van der Waals surface area contributed by atoms with Crippen molar-refractivity contribution in [3.63, 3.8) is 0 Å². The van der Waals surface area contributed by atoms with Gasteiger partial charge in [-0.25, -0.2) is 0 Å². The first-order valence-corrected chi connectivity index (χ1v) is 6.53. The molecule has 0 atom stereocenters. The summed E-state index contributed by atoms with van der Waals surface area (Å²) in [6.45, 7) is 0. The van der Waals surface area contributed by atoms with Gasteiger partial charge >= 0.3 is 6.18 Å². The lowest BCUT2D eigenvalue weighted by atomic mass is 10.1. The van der Waals surface area contributed by atoms with E-state index in [1.54, 1.807) is 48.5 Å². The first-order chi connectivity index (χ1) is 9.95. The van der Waals surface area contributed by atoms with Crippen LogP contribution in [0.3, 0.4) is 0 Å². The lowest BCUT2D eigenvalue weighted by molar-refractivity contribution is -0.0905. The number of rotatable bonds is 1. The Morgan fingerprint density at radius 3 is 2.29 bits per heavy atom. The van der Waals surface area contributed by atoms with E-state index in [-0.39, 0.29) is 0 Å². The number of hydrogen-bond acceptors (Lipinski definition) is 2. The summed E-state index contributed by atoms with van der Waals surface area (Å²) in [5.74, 6) is 0. The third-order valence-electron chi connectivity index (χ3n) is 3.10. The lowest BCUT2D eigenvalue weighted by Gasteiger charge is -2.30. The van der Waals surface area contributed by atoms with Crippen LogP contribution in [0.25, 0.3) is 0 Å². The van der Waals surface area contributed by atoms with Crippen molar-refractivity contribution in [2.24, 2.45) is 0 Å². The fourth-order valence-electron chi connectivity index (χ4n) is 2.12. The molecule has 1 N–H and O–H groups in total. The quantitative estimate of drug-likeness (QED) is 0.768. The van der Waals surface area contributed by atoms with Gasteiger partial charge in [0.05, 0.1) is 11.4 Å². The van der Waals surface area contributed by atoms with Gasteiger partial charge in [-0.1, -0.05) is 23.7 Å². The minimum Gasteiger partial charge on any atom is -0.349 e. The van der Waals surface area contributed by atoms with Crippen LogP contribution >= 0.6 is 11.6 Å². The zero-order chi connectivity index (χ0) is 15.0. The normalized spacial score (nSPS) is 14.3. The SMILES string of the molecule is FC(F)(F)C1=CN(c2ccc(Cl)cc2)c2ccccc2N1. The fourth-order valence-corrected chi connectivity index (χ4v) is 2.25. The third kappa shape index (κ3) is 2.69. The number of anilines is 3. The molecule has 6 heteroatoms. The molecule has 108 valence electrons. The van der Waals surface area contributed by atoms with E-state index in [0.29, 0.717) is 22.1 Å². The molecule has 2 nitrogen and oxygen atoms in total. The van der Waals surface area contributed by atoms with Gasteiger partial charge in [0.1, 0.15) is 5.70 Å². The Labute approximate surface area is 124 Å². The van der Waals surface area contributed by atoms with Gasteiger partial charge in [0.25, 0.3) is 0 Å². The van der Waals surface area contributed by atoms with Crippen LogP contribution in [-0.4, -0.2) is 6.18 Å². The third-order valence-corrected chi connectivity index (χ3v) is 3.35. The lowest BCUT2D eigenvalue weighted by Crippen LogP contribution is -2.27. The van der Waals surface area contributed by atoms with Gasteiger partial charge in [-0.2, -0.15) is 13.2 Å². The van der Waals surface area contributed by atoms with Crippen molar-refractivity contribution in [2.75, 3.05) is 10.2 Å². The number of fused-ring (bicyclic) bond motifs is 1. The second-order valence-electron chi connectivity index (χ2n) is 4.53. The van der Waals surface area contributed by atoms with Crippen LogP contribution in [-0.2, 0) is 0 Å². The molecule has 1 heterocycles. The maximum atomic E-state index is 13.0. The first-order valence-electron chi connectivity index (χ1n) is 6.15. The summed E-state index contributed by atoms with van der Waals surface area (Å²) in [6.07, 6.45) is -3.40. The van der Waals surface area contributed by atoms with Crippen LogP contribution in [0.15, 0.2) is 60.4 Å². The van der Waals surface area contributed by atoms with Crippen molar-refractivity contribution in [3.05, 3.63) is 65.5 Å². The molecule has 0 saturated carbocycles. The number of nitrogens with zero attached hydrogens (tertiary/aromatic N) is 1. The van der Waals surface area contributed by atoms with Crippen molar-refractivity contribution < 1.29 is 13.2 Å². The Balaban J connectivity index is 2.12. The minimum atomic E-state index is -4.45. The van der Waals surface area contributed by atoms with E-state index < -0.39 is 11.9 Å². The molecule has 0 saturated heterocycles. The maximum Gasteiger partial charge on any atom is 0.432 e. The molecule has 1 aliphatic rings. The molecule has 0 radical (unpaired) electrons. The highest BCUT2D eigenvalue weighted by Gasteiger charge is 2.37. The molecule has 2 aromatic rings. The van der Waals surface area contributed by atoms with E-state index in [1.165, 1.54) is 4.90 Å². The standard InChI is InChI=1S/C15H10ClF3N2/c16-10-5-7-11(8-6-10)21-9-14(15(17,18)19)20-12-3-1-2-4-13(12)21/h1-9,20H. The van der Waals surface area contributed by atoms with Crippen LogP contribution in [0.4, 0.5) is 30.2 Å². The molecule has 3 rings (SSSR count). The second kappa shape index (κ2) is 5.00. The Kier molecular flexibility index (Phi) is 3.29. The van der Waals surface area contributed by atoms with Gasteiger partial charge in [0.15, 0.2) is 0 Å². The van der Waals surface area contributed by atoms with Crippen LogP contribution < -0.4 is 10.2 Å². The molecule has 1 aliphatic heterocycles. The first kappa shape index (κ1) is 13.8. The summed E-state index contributed by atoms with van der Waals surface area (Å²) >= 11 is 5.83. The van der Waals surface area contributed by atoms with Gasteiger partial charge in [-0.15, -0.1) is 0 Å². The number of allylic oxidation sites excluding steroid dienone is 1. The average Bonchev–Trinajstić information content (AvgIpc) is 2.46. The Morgan fingerprint density at radius 2 is 1.62 bits per heavy atom. The molecule has 0 fully saturated rings. The van der Waals surface area contributed by atoms with Crippen molar-refractivity contribution in [2.45, 2.75) is 6.18 Å². The number of benzene rings is 2. The molecule has 0 spiro atoms. The smallest absolute Gasteiger partial charge is 0.349 e. The van der Waals surface area contributed by atoms with E-state index in [2.05, 4.69) is 5.32 Å². The summed E-state index contributed by atoms with van der Waals surface area (Å²) in [4.78, 5) is 1.49. The number of hydrogen-bond donors (Lipinski definition) is 1. The van der Waals surface area contributed by atoms with Gasteiger partial charge in [-0.05, 0) is 36.4 Å². The number of para-hydroxylation sites is 2. The Hall–Kier alpha value is -2.14. The highest BCUT2D eigenvalue weighted by Crippen LogP contribution is 2.40. The van der Waals surface area contributed by atoms with Crippen molar-refractivity contribution >= 4 is 28.7 Å². The fraction of sp³-hybridized carbons (Fsp3) is 0.0667. The molecule has 2 aromatic carbocycles. The summed E-state index contributed by atoms with van der Waals surface area (Å²) in [7, 11) is 0. The molecule has 0 bridgehead atoms. The van der Waals surface area contributed by atoms with Gasteiger partial charge in [0.2, 0.25) is 0 Å². The van der Waals surface area contributed by atoms with Crippen LogP contribution in [0, 0.1) is 0 Å². The van der Waals surface area contributed by atoms with E-state index in [4.69, 9.17) is 11.6 Å². The summed E-state index contributed by atoms with van der Waals surface area (Å²) in [5.41, 5.74) is 0.848. The monoisotopic (exact) mass is 310 g/mol. The van der Waals surface area contributed by atoms with Crippen LogP contribution in [0.2, 0.25) is 5.02 Å². The largest absolute Gasteiger partial charge is 0.432 e. The maximum absolute atomic E-state index is 13.0. The minimum absolute atomic E-state index is 0.405. The summed E-state index contributed by atoms with van der Waals surface area (Å²) < 4.78 is 39.0. The molecule has 0 aromatic heterocycles. The van der Waals surface area contributed by atoms with Gasteiger partial charge in [-0.3, -0.25) is 0 Å². The van der Waals surface area contributed by atoms with E-state index in [1.807, 2.05) is 0 Å². The molecular formula is C15H10ClF3N2. The zero-order valence-electron chi connectivity index (χ0n) is 10.7. The van der Waals surface area contributed by atoms with E-state index in [9.17, 15) is 13.2 Å². The second-order valence-corrected chi connectivity index (χ2v) is 4.97. The van der Waals surface area contributed by atoms with Crippen molar-refractivity contribution in [3.8, 4) is 0 Å². The zero-order valence-corrected chi connectivity index (χ0v) is 11.4. The molecule has 0 amide bonds. The molecule has 0 aliphatic carbocycles. The average molecular weight is 311 g/mol. The predicted octanol–water partition coefficient (Wildman–Crippen LogP) is 5.31. The predicted molar refractivity (Wildman–Crippen MR) is 77.8 cm³/mol. The van der Waals surface area contributed by atoms with E-state index >= 15 is 0 Å². The highest BCUT2D eigenvalue weighted by molar-refractivity contribution is 6.30. The highest BCUT2D eigenvalue weighted by atomic mass is 35.5. The summed E-state index contributed by atoms with van der Waals surface area (Å²) in [6, 6.07) is 13.5. The topological polar surface area (TPSA) is 15.3 Å². The molecular weight excluding hydrogens is 301 g/mol. The Morgan fingerprint density at radius 1 is 0.952 bits per heavy atom. The van der Waals surface area contributed by atoms with Gasteiger partial charge < -0.3 is 10.2 Å². The van der Waals surface area contributed by atoms with Crippen LogP contribution in [0.5, 0.6) is 0 Å². The van der Waals surface area contributed by atoms with Crippen LogP contribution in [0.1, 0.15) is 0 Å². The molecule has 0 unspecified atom stereocenters. The Bertz CT molecular complexity index is 693. The van der Waals surface area contributed by atoms with E-state index in [0.717, 1.165) is 6.20 Å². The molecule has 21 heavy (non-hydrogen) atoms. The van der Waals surface area contributed by atoms with Crippen molar-refractivity contribution in [1.82, 2.24) is 0 Å². The number of nitrogens with one attached hydrogen (secondary N) is 1. The number of halogens is 4. The van der Waals surface area contributed by atoms with Gasteiger partial charge in [0, 0.05) is 16.9 Å². The number of alkyl halides is 3.